The zero-order valence-corrected chi connectivity index (χ0v) is 16.7. The van der Waals surface area contributed by atoms with Crippen LogP contribution >= 0.6 is 0 Å². The lowest BCUT2D eigenvalue weighted by Crippen LogP contribution is -2.29. The largest absolute Gasteiger partial charge is 0.504 e. The van der Waals surface area contributed by atoms with Crippen molar-refractivity contribution in [1.29, 1.82) is 0 Å². The van der Waals surface area contributed by atoms with Crippen molar-refractivity contribution < 1.29 is 26.3 Å². The standard InChI is InChI=1S/C21H19F3N2O3S/c22-21(23,24)30(27,28)20-25-18(15-9-3-1-4-10-15)19(16-11-5-2-6-12-16)26(20)17-13-7-8-14-29-17/h1-6,9-12,17H,7-8,13-14H2. The molecule has 1 aliphatic heterocycles. The van der Waals surface area contributed by atoms with Crippen molar-refractivity contribution in [3.05, 3.63) is 60.7 Å². The number of nitrogens with zero attached hydrogens (tertiary/aromatic N) is 2. The molecule has 3 aromatic rings. The zero-order valence-electron chi connectivity index (χ0n) is 15.8. The number of hydrogen-bond donors (Lipinski definition) is 0. The van der Waals surface area contributed by atoms with E-state index < -0.39 is 26.7 Å². The second kappa shape index (κ2) is 7.88. The third-order valence-corrected chi connectivity index (χ3v) is 6.34. The predicted molar refractivity (Wildman–Crippen MR) is 105 cm³/mol. The van der Waals surface area contributed by atoms with Gasteiger partial charge in [-0.05, 0) is 19.3 Å². The van der Waals surface area contributed by atoms with Gasteiger partial charge in [0.15, 0.2) is 0 Å². The quantitative estimate of drug-likeness (QED) is 0.563. The first kappa shape index (κ1) is 20.6. The molecule has 1 aromatic heterocycles. The van der Waals surface area contributed by atoms with Gasteiger partial charge in [0.1, 0.15) is 6.23 Å². The minimum atomic E-state index is -5.70. The van der Waals surface area contributed by atoms with Crippen molar-refractivity contribution in [3.63, 3.8) is 0 Å². The molecule has 0 aliphatic carbocycles. The number of aromatic nitrogens is 2. The minimum absolute atomic E-state index is 0.166. The van der Waals surface area contributed by atoms with Gasteiger partial charge in [0.05, 0.1) is 11.4 Å². The average Bonchev–Trinajstić information content (AvgIpc) is 3.16. The van der Waals surface area contributed by atoms with Crippen LogP contribution in [0, 0.1) is 0 Å². The van der Waals surface area contributed by atoms with E-state index >= 15 is 0 Å². The van der Waals surface area contributed by atoms with Crippen LogP contribution in [-0.4, -0.2) is 30.1 Å². The van der Waals surface area contributed by atoms with Gasteiger partial charge in [0.25, 0.3) is 0 Å². The fourth-order valence-electron chi connectivity index (χ4n) is 3.57. The number of alkyl halides is 3. The molecule has 4 rings (SSSR count). The Morgan fingerprint density at radius 3 is 2.07 bits per heavy atom. The van der Waals surface area contributed by atoms with Gasteiger partial charge in [-0.1, -0.05) is 60.7 Å². The molecule has 1 saturated heterocycles. The number of sulfone groups is 1. The van der Waals surface area contributed by atoms with E-state index in [0.717, 1.165) is 11.0 Å². The molecular formula is C21H19F3N2O3S. The van der Waals surface area contributed by atoms with Crippen LogP contribution in [-0.2, 0) is 14.6 Å². The molecular weight excluding hydrogens is 417 g/mol. The van der Waals surface area contributed by atoms with Crippen molar-refractivity contribution >= 4 is 9.84 Å². The van der Waals surface area contributed by atoms with Crippen LogP contribution in [0.25, 0.3) is 22.5 Å². The van der Waals surface area contributed by atoms with Crippen LogP contribution in [0.4, 0.5) is 13.2 Å². The molecule has 0 spiro atoms. The van der Waals surface area contributed by atoms with E-state index in [4.69, 9.17) is 4.74 Å². The normalized spacial score (nSPS) is 17.8. The Morgan fingerprint density at radius 1 is 0.933 bits per heavy atom. The van der Waals surface area contributed by atoms with Crippen molar-refractivity contribution in [1.82, 2.24) is 9.55 Å². The molecule has 30 heavy (non-hydrogen) atoms. The van der Waals surface area contributed by atoms with Crippen LogP contribution in [0.15, 0.2) is 65.8 Å². The van der Waals surface area contributed by atoms with Gasteiger partial charge in [-0.15, -0.1) is 0 Å². The van der Waals surface area contributed by atoms with Gasteiger partial charge in [-0.3, -0.25) is 4.57 Å². The van der Waals surface area contributed by atoms with Gasteiger partial charge in [-0.2, -0.15) is 13.2 Å². The lowest BCUT2D eigenvalue weighted by Gasteiger charge is -2.27. The molecule has 158 valence electrons. The summed E-state index contributed by atoms with van der Waals surface area (Å²) in [6.07, 6.45) is 1.01. The van der Waals surface area contributed by atoms with Gasteiger partial charge in [0.2, 0.25) is 5.16 Å². The summed E-state index contributed by atoms with van der Waals surface area (Å²) < 4.78 is 72.4. The maximum absolute atomic E-state index is 13.5. The molecule has 0 radical (unpaired) electrons. The fraction of sp³-hybridized carbons (Fsp3) is 0.286. The first-order valence-corrected chi connectivity index (χ1v) is 10.9. The van der Waals surface area contributed by atoms with E-state index in [0.29, 0.717) is 30.6 Å². The molecule has 1 atom stereocenters. The number of imidazole rings is 1. The summed E-state index contributed by atoms with van der Waals surface area (Å²) in [7, 11) is -5.70. The van der Waals surface area contributed by atoms with Crippen molar-refractivity contribution in [2.24, 2.45) is 0 Å². The summed E-state index contributed by atoms with van der Waals surface area (Å²) in [5, 5.41) is -1.04. The fourth-order valence-corrected chi connectivity index (χ4v) is 4.46. The molecule has 0 amide bonds. The van der Waals surface area contributed by atoms with Gasteiger partial charge in [0, 0.05) is 17.7 Å². The molecule has 9 heteroatoms. The zero-order chi connectivity index (χ0) is 21.4. The number of rotatable bonds is 4. The highest BCUT2D eigenvalue weighted by atomic mass is 32.2. The van der Waals surface area contributed by atoms with Gasteiger partial charge < -0.3 is 4.74 Å². The maximum Gasteiger partial charge on any atom is 0.504 e. The average molecular weight is 436 g/mol. The third-order valence-electron chi connectivity index (χ3n) is 4.96. The van der Waals surface area contributed by atoms with Crippen LogP contribution in [0.2, 0.25) is 0 Å². The second-order valence-corrected chi connectivity index (χ2v) is 8.80. The van der Waals surface area contributed by atoms with Crippen molar-refractivity contribution in [2.75, 3.05) is 6.61 Å². The summed E-state index contributed by atoms with van der Waals surface area (Å²) in [6, 6.07) is 17.3. The Hall–Kier alpha value is -2.65. The molecule has 2 heterocycles. The Bertz CT molecular complexity index is 1120. The molecule has 0 saturated carbocycles. The Balaban J connectivity index is 2.07. The van der Waals surface area contributed by atoms with E-state index in [1.807, 2.05) is 0 Å². The molecule has 0 N–H and O–H groups in total. The third kappa shape index (κ3) is 3.63. The number of halogens is 3. The molecule has 5 nitrogen and oxygen atoms in total. The van der Waals surface area contributed by atoms with E-state index in [-0.39, 0.29) is 11.4 Å². The highest BCUT2D eigenvalue weighted by Gasteiger charge is 2.51. The highest BCUT2D eigenvalue weighted by molar-refractivity contribution is 7.92. The van der Waals surface area contributed by atoms with E-state index in [1.165, 1.54) is 0 Å². The summed E-state index contributed by atoms with van der Waals surface area (Å²) in [5.74, 6) is 0. The van der Waals surface area contributed by atoms with Crippen LogP contribution < -0.4 is 0 Å². The molecule has 1 fully saturated rings. The summed E-state index contributed by atoms with van der Waals surface area (Å²) in [6.45, 7) is 0.337. The maximum atomic E-state index is 13.5. The molecule has 1 aliphatic rings. The smallest absolute Gasteiger partial charge is 0.358 e. The van der Waals surface area contributed by atoms with Crippen molar-refractivity contribution in [3.8, 4) is 22.5 Å². The van der Waals surface area contributed by atoms with E-state index in [9.17, 15) is 21.6 Å². The first-order chi connectivity index (χ1) is 14.3. The summed E-state index contributed by atoms with van der Waals surface area (Å²) >= 11 is 0. The predicted octanol–water partition coefficient (Wildman–Crippen LogP) is 5.21. The number of ether oxygens (including phenoxy) is 1. The molecule has 2 aromatic carbocycles. The SMILES string of the molecule is O=S(=O)(c1nc(-c2ccccc2)c(-c2ccccc2)n1C1CCCCO1)C(F)(F)F. The van der Waals surface area contributed by atoms with Crippen LogP contribution in [0.3, 0.4) is 0 Å². The minimum Gasteiger partial charge on any atom is -0.358 e. The van der Waals surface area contributed by atoms with Crippen molar-refractivity contribution in [2.45, 2.75) is 36.2 Å². The molecule has 1 unspecified atom stereocenters. The number of hydrogen-bond acceptors (Lipinski definition) is 4. The topological polar surface area (TPSA) is 61.2 Å². The lowest BCUT2D eigenvalue weighted by atomic mass is 10.0. The monoisotopic (exact) mass is 436 g/mol. The van der Waals surface area contributed by atoms with Gasteiger partial charge >= 0.3 is 15.3 Å². The number of benzene rings is 2. The van der Waals surface area contributed by atoms with Crippen LogP contribution in [0.5, 0.6) is 0 Å². The van der Waals surface area contributed by atoms with E-state index in [1.54, 1.807) is 60.7 Å². The van der Waals surface area contributed by atoms with Crippen LogP contribution in [0.1, 0.15) is 25.5 Å². The summed E-state index contributed by atoms with van der Waals surface area (Å²) in [4.78, 5) is 4.05. The second-order valence-electron chi connectivity index (χ2n) is 6.96. The molecule has 0 bridgehead atoms. The first-order valence-electron chi connectivity index (χ1n) is 9.47. The lowest BCUT2D eigenvalue weighted by molar-refractivity contribution is -0.0489. The van der Waals surface area contributed by atoms with Gasteiger partial charge in [-0.25, -0.2) is 13.4 Å². The Labute approximate surface area is 172 Å². The highest BCUT2D eigenvalue weighted by Crippen LogP contribution is 2.41. The van der Waals surface area contributed by atoms with E-state index in [2.05, 4.69) is 4.98 Å². The Morgan fingerprint density at radius 2 is 1.53 bits per heavy atom. The summed E-state index contributed by atoms with van der Waals surface area (Å²) in [5.41, 5.74) is -3.95. The Kier molecular flexibility index (Phi) is 5.42.